The number of nitro groups is 1. The molecule has 3 rings (SSSR count). The number of oxime groups is 1. The first-order valence-corrected chi connectivity index (χ1v) is 11.1. The second kappa shape index (κ2) is 9.91. The number of alkyl halides is 1. The zero-order valence-electron chi connectivity index (χ0n) is 16.1. The number of rotatable bonds is 8. The number of nitro benzene ring substituents is 1. The SMILES string of the molecule is O=C(CBr)C(=NO)C(=O)NC1C(=O)N2C=C(C(=O)OCc3ccc([N+](=O)[O-])cc3)CS[C@H]12. The van der Waals surface area contributed by atoms with Crippen LogP contribution in [-0.4, -0.2) is 66.8 Å². The van der Waals surface area contributed by atoms with Crippen LogP contribution in [0.1, 0.15) is 5.56 Å². The number of benzene rings is 1. The summed E-state index contributed by atoms with van der Waals surface area (Å²) in [6.45, 7) is -0.0975. The zero-order chi connectivity index (χ0) is 23.4. The third-order valence-corrected chi connectivity index (χ3v) is 6.38. The number of carbonyl (C=O) groups is 4. The third kappa shape index (κ3) is 4.80. The quantitative estimate of drug-likeness (QED) is 0.0723. The predicted octanol–water partition coefficient (Wildman–Crippen LogP) is 0.716. The Morgan fingerprint density at radius 3 is 2.62 bits per heavy atom. The number of halogens is 1. The van der Waals surface area contributed by atoms with Crippen molar-refractivity contribution in [1.29, 1.82) is 0 Å². The molecule has 0 spiro atoms. The number of hydrogen-bond acceptors (Lipinski definition) is 10. The minimum Gasteiger partial charge on any atom is -0.457 e. The minimum absolute atomic E-state index is 0.0793. The second-order valence-corrected chi connectivity index (χ2v) is 8.22. The van der Waals surface area contributed by atoms with Gasteiger partial charge in [0.15, 0.2) is 0 Å². The third-order valence-electron chi connectivity index (χ3n) is 4.55. The van der Waals surface area contributed by atoms with Gasteiger partial charge in [0.05, 0.1) is 15.8 Å². The topological polar surface area (TPSA) is 169 Å². The molecule has 12 nitrogen and oxygen atoms in total. The molecule has 32 heavy (non-hydrogen) atoms. The number of non-ortho nitro benzene ring substituents is 1. The molecule has 1 fully saturated rings. The number of amides is 2. The molecule has 1 aromatic carbocycles. The summed E-state index contributed by atoms with van der Waals surface area (Å²) in [5.41, 5.74) is -0.00388. The fourth-order valence-corrected chi connectivity index (χ4v) is 4.39. The molecule has 1 unspecified atom stereocenters. The Balaban J connectivity index is 1.57. The molecule has 0 bridgehead atoms. The van der Waals surface area contributed by atoms with Gasteiger partial charge < -0.3 is 20.2 Å². The van der Waals surface area contributed by atoms with Gasteiger partial charge in [0.25, 0.3) is 17.5 Å². The molecule has 14 heteroatoms. The van der Waals surface area contributed by atoms with Gasteiger partial charge in [-0.05, 0) is 17.7 Å². The van der Waals surface area contributed by atoms with E-state index in [-0.39, 0.29) is 29.0 Å². The van der Waals surface area contributed by atoms with Crippen LogP contribution in [0.25, 0.3) is 0 Å². The van der Waals surface area contributed by atoms with E-state index in [2.05, 4.69) is 26.4 Å². The molecule has 0 radical (unpaired) electrons. The number of thioether (sulfide) groups is 1. The van der Waals surface area contributed by atoms with Crippen LogP contribution < -0.4 is 5.32 Å². The van der Waals surface area contributed by atoms with E-state index in [4.69, 9.17) is 9.94 Å². The van der Waals surface area contributed by atoms with Crippen LogP contribution in [0.3, 0.4) is 0 Å². The lowest BCUT2D eigenvalue weighted by molar-refractivity contribution is -0.384. The van der Waals surface area contributed by atoms with Crippen molar-refractivity contribution >= 4 is 62.7 Å². The number of fused-ring (bicyclic) bond motifs is 1. The number of nitrogens with zero attached hydrogens (tertiary/aromatic N) is 3. The van der Waals surface area contributed by atoms with Crippen LogP contribution in [0.2, 0.25) is 0 Å². The van der Waals surface area contributed by atoms with Crippen LogP contribution >= 0.6 is 27.7 Å². The van der Waals surface area contributed by atoms with E-state index in [0.717, 1.165) is 0 Å². The molecule has 2 atom stereocenters. The first kappa shape index (κ1) is 23.4. The summed E-state index contributed by atoms with van der Waals surface area (Å²) in [5.74, 6) is -2.66. The maximum Gasteiger partial charge on any atom is 0.336 e. The molecule has 168 valence electrons. The van der Waals surface area contributed by atoms with E-state index in [1.54, 1.807) is 0 Å². The van der Waals surface area contributed by atoms with Gasteiger partial charge in [0.1, 0.15) is 18.0 Å². The summed E-state index contributed by atoms with van der Waals surface area (Å²) < 4.78 is 5.20. The van der Waals surface area contributed by atoms with Gasteiger partial charge >= 0.3 is 5.97 Å². The maximum atomic E-state index is 12.4. The fourth-order valence-electron chi connectivity index (χ4n) is 2.88. The highest BCUT2D eigenvalue weighted by Gasteiger charge is 2.50. The van der Waals surface area contributed by atoms with Crippen LogP contribution in [0.5, 0.6) is 0 Å². The monoisotopic (exact) mass is 526 g/mol. The van der Waals surface area contributed by atoms with E-state index in [1.807, 2.05) is 0 Å². The fraction of sp³-hybridized carbons (Fsp3) is 0.278. The highest BCUT2D eigenvalue weighted by atomic mass is 79.9. The number of ketones is 1. The molecule has 2 N–H and O–H groups in total. The Bertz CT molecular complexity index is 1040. The number of esters is 1. The minimum atomic E-state index is -0.979. The number of Topliss-reactive ketones (excluding diaryl/α,β-unsaturated/α-hetero) is 1. The van der Waals surface area contributed by atoms with E-state index in [9.17, 15) is 29.3 Å². The number of hydrogen-bond donors (Lipinski definition) is 2. The summed E-state index contributed by atoms with van der Waals surface area (Å²) >= 11 is 4.08. The molecule has 2 amide bonds. The van der Waals surface area contributed by atoms with Crippen molar-refractivity contribution in [2.75, 3.05) is 11.1 Å². The summed E-state index contributed by atoms with van der Waals surface area (Å²) in [6.07, 6.45) is 1.34. The second-order valence-electron chi connectivity index (χ2n) is 6.56. The number of carbonyl (C=O) groups excluding carboxylic acids is 4. The van der Waals surface area contributed by atoms with Crippen molar-refractivity contribution in [3.05, 3.63) is 51.7 Å². The lowest BCUT2D eigenvalue weighted by Crippen LogP contribution is -2.69. The Morgan fingerprint density at radius 2 is 2.03 bits per heavy atom. The van der Waals surface area contributed by atoms with Gasteiger partial charge in [0.2, 0.25) is 11.5 Å². The first-order chi connectivity index (χ1) is 15.3. The number of ether oxygens (including phenoxy) is 1. The van der Waals surface area contributed by atoms with E-state index >= 15 is 0 Å². The van der Waals surface area contributed by atoms with Gasteiger partial charge in [-0.1, -0.05) is 21.1 Å². The molecular formula is C18H15BrN4O8S. The van der Waals surface area contributed by atoms with Crippen LogP contribution in [-0.2, 0) is 30.5 Å². The molecular weight excluding hydrogens is 512 g/mol. The molecule has 2 aliphatic rings. The Hall–Kier alpha value is -3.26. The molecule has 1 saturated heterocycles. The average molecular weight is 527 g/mol. The van der Waals surface area contributed by atoms with Crippen molar-refractivity contribution in [3.63, 3.8) is 0 Å². The van der Waals surface area contributed by atoms with Gasteiger partial charge in [-0.15, -0.1) is 11.8 Å². The standard InChI is InChI=1S/C18H15BrN4O8S/c19-5-12(24)13(21-28)15(25)20-14-16(26)22-6-10(8-32-17(14)22)18(27)31-7-9-1-3-11(4-2-9)23(29)30/h1-4,6,14,17,28H,5,7-8H2,(H,20,25)/t14?,17-/m1/s1. The Kier molecular flexibility index (Phi) is 7.25. The zero-order valence-corrected chi connectivity index (χ0v) is 18.5. The van der Waals surface area contributed by atoms with Gasteiger partial charge in [-0.2, -0.15) is 0 Å². The van der Waals surface area contributed by atoms with Gasteiger partial charge in [-0.25, -0.2) is 4.79 Å². The highest BCUT2D eigenvalue weighted by molar-refractivity contribution is 9.09. The summed E-state index contributed by atoms with van der Waals surface area (Å²) in [6, 6.07) is 4.61. The lowest BCUT2D eigenvalue weighted by atomic mass is 10.1. The molecule has 2 aliphatic heterocycles. The Labute approximate surface area is 192 Å². The van der Waals surface area contributed by atoms with Crippen LogP contribution in [0.15, 0.2) is 41.2 Å². The lowest BCUT2D eigenvalue weighted by Gasteiger charge is -2.47. The molecule has 1 aromatic rings. The first-order valence-electron chi connectivity index (χ1n) is 8.93. The van der Waals surface area contributed by atoms with Gasteiger partial charge in [0, 0.05) is 24.1 Å². The summed E-state index contributed by atoms with van der Waals surface area (Å²) in [7, 11) is 0. The largest absolute Gasteiger partial charge is 0.457 e. The normalized spacial score (nSPS) is 19.9. The summed E-state index contributed by atoms with van der Waals surface area (Å²) in [4.78, 5) is 59.8. The predicted molar refractivity (Wildman–Crippen MR) is 114 cm³/mol. The Morgan fingerprint density at radius 1 is 1.34 bits per heavy atom. The van der Waals surface area contributed by atoms with Crippen molar-refractivity contribution in [3.8, 4) is 0 Å². The molecule has 0 aliphatic carbocycles. The van der Waals surface area contributed by atoms with E-state index in [0.29, 0.717) is 5.56 Å². The molecule has 2 heterocycles. The molecule has 0 aromatic heterocycles. The van der Waals surface area contributed by atoms with Gasteiger partial charge in [-0.3, -0.25) is 24.5 Å². The van der Waals surface area contributed by atoms with Crippen LogP contribution in [0, 0.1) is 10.1 Å². The summed E-state index contributed by atoms with van der Waals surface area (Å²) in [5, 5.41) is 23.9. The van der Waals surface area contributed by atoms with E-state index in [1.165, 1.54) is 47.1 Å². The van der Waals surface area contributed by atoms with E-state index < -0.39 is 45.6 Å². The van der Waals surface area contributed by atoms with Crippen LogP contribution in [0.4, 0.5) is 5.69 Å². The highest BCUT2D eigenvalue weighted by Crippen LogP contribution is 2.36. The number of β-lactam (4-membered cyclic amide) rings is 1. The van der Waals surface area contributed by atoms with Crippen molar-refractivity contribution in [1.82, 2.24) is 10.2 Å². The molecule has 0 saturated carbocycles. The van der Waals surface area contributed by atoms with Crippen molar-refractivity contribution in [2.24, 2.45) is 5.16 Å². The van der Waals surface area contributed by atoms with Crippen molar-refractivity contribution < 1.29 is 34.0 Å². The average Bonchev–Trinajstić information content (AvgIpc) is 2.80. The number of nitrogens with one attached hydrogen (secondary N) is 1. The van der Waals surface area contributed by atoms with Crippen molar-refractivity contribution in [2.45, 2.75) is 18.0 Å². The smallest absolute Gasteiger partial charge is 0.336 e. The maximum absolute atomic E-state index is 12.4.